The van der Waals surface area contributed by atoms with Crippen molar-refractivity contribution >= 4 is 33.0 Å². The smallest absolute Gasteiger partial charge is 0.388 e. The minimum atomic E-state index is -3.35. The molecule has 0 N–H and O–H groups in total. The van der Waals surface area contributed by atoms with Crippen LogP contribution in [-0.2, 0) is 29.3 Å². The fourth-order valence-corrected chi connectivity index (χ4v) is 7.07. The lowest BCUT2D eigenvalue weighted by Crippen LogP contribution is -2.38. The second-order valence-electron chi connectivity index (χ2n) is 11.6. The van der Waals surface area contributed by atoms with E-state index in [0.29, 0.717) is 22.8 Å². The molecule has 0 spiro atoms. The second kappa shape index (κ2) is 14.3. The summed E-state index contributed by atoms with van der Waals surface area (Å²) in [5.41, 5.74) is 4.96. The molecular weight excluding hydrogens is 632 g/mol. The SMILES string of the molecule is CCS(=O)(=O)c1ccc(CN(C(=O)c2ccc3c(c2)CCN(Cc2ccc(OC(F)F)nc2)[C@@H]3C(C)C)c2ccccc2Cl)cc1. The molecule has 0 bridgehead atoms. The molecular formula is C35H36ClF2N3O4S. The van der Waals surface area contributed by atoms with Crippen LogP contribution >= 0.6 is 11.6 Å². The maximum Gasteiger partial charge on any atom is 0.388 e. The normalized spacial score (nSPS) is 15.2. The zero-order valence-electron chi connectivity index (χ0n) is 25.9. The molecule has 1 amide bonds. The van der Waals surface area contributed by atoms with Gasteiger partial charge in [-0.15, -0.1) is 0 Å². The number of pyridine rings is 1. The van der Waals surface area contributed by atoms with Crippen molar-refractivity contribution in [3.05, 3.63) is 118 Å². The van der Waals surface area contributed by atoms with Crippen molar-refractivity contribution in [2.75, 3.05) is 17.2 Å². The van der Waals surface area contributed by atoms with E-state index < -0.39 is 16.4 Å². The predicted molar refractivity (Wildman–Crippen MR) is 175 cm³/mol. The first-order valence-electron chi connectivity index (χ1n) is 15.1. The van der Waals surface area contributed by atoms with Crippen LogP contribution in [0, 0.1) is 5.92 Å². The van der Waals surface area contributed by atoms with Gasteiger partial charge >= 0.3 is 6.61 Å². The second-order valence-corrected chi connectivity index (χ2v) is 14.3. The number of ether oxygens (including phenoxy) is 1. The molecule has 1 aromatic heterocycles. The number of carbonyl (C=O) groups excluding carboxylic acids is 1. The van der Waals surface area contributed by atoms with Crippen molar-refractivity contribution in [1.82, 2.24) is 9.88 Å². The van der Waals surface area contributed by atoms with E-state index in [4.69, 9.17) is 11.6 Å². The number of benzene rings is 3. The number of carbonyl (C=O) groups is 1. The highest BCUT2D eigenvalue weighted by atomic mass is 35.5. The Morgan fingerprint density at radius 1 is 1.04 bits per heavy atom. The lowest BCUT2D eigenvalue weighted by Gasteiger charge is -2.40. The summed E-state index contributed by atoms with van der Waals surface area (Å²) in [6, 6.07) is 22.8. The molecule has 0 aliphatic carbocycles. The highest BCUT2D eigenvalue weighted by Crippen LogP contribution is 2.37. The predicted octanol–water partition coefficient (Wildman–Crippen LogP) is 7.73. The number of aromatic nitrogens is 1. The molecule has 1 aliphatic heterocycles. The van der Waals surface area contributed by atoms with Crippen molar-refractivity contribution in [1.29, 1.82) is 0 Å². The quantitative estimate of drug-likeness (QED) is 0.163. The van der Waals surface area contributed by atoms with Gasteiger partial charge in [0, 0.05) is 37.0 Å². The number of hydrogen-bond acceptors (Lipinski definition) is 6. The molecule has 1 atom stereocenters. The Labute approximate surface area is 273 Å². The standard InChI is InChI=1S/C35H36ClF2N3O4S/c1-4-46(43,44)28-13-9-24(10-14-28)22-41(31-8-6-5-7-30(31)36)34(42)27-12-15-29-26(19-27)17-18-40(33(29)23(2)3)21-25-11-16-32(39-20-25)45-35(37)38/h5-16,19-20,23,33,35H,4,17-18,21-22H2,1-3H3/t33-/m1/s1. The zero-order chi connectivity index (χ0) is 33.0. The van der Waals surface area contributed by atoms with Crippen LogP contribution in [0.3, 0.4) is 0 Å². The highest BCUT2D eigenvalue weighted by Gasteiger charge is 2.31. The average molecular weight is 668 g/mol. The van der Waals surface area contributed by atoms with Crippen molar-refractivity contribution in [2.45, 2.75) is 57.8 Å². The molecule has 46 heavy (non-hydrogen) atoms. The van der Waals surface area contributed by atoms with Crippen molar-refractivity contribution < 1.29 is 26.7 Å². The number of halogens is 3. The Hall–Kier alpha value is -3.86. The van der Waals surface area contributed by atoms with Crippen LogP contribution < -0.4 is 9.64 Å². The summed E-state index contributed by atoms with van der Waals surface area (Å²) in [5, 5.41) is 0.429. The first-order chi connectivity index (χ1) is 22.0. The molecule has 3 aromatic carbocycles. The Bertz CT molecular complexity index is 1780. The molecule has 4 aromatic rings. The molecule has 0 radical (unpaired) electrons. The number of fused-ring (bicyclic) bond motifs is 1. The van der Waals surface area contributed by atoms with Gasteiger partial charge in [-0.05, 0) is 71.0 Å². The Balaban J connectivity index is 1.41. The summed E-state index contributed by atoms with van der Waals surface area (Å²) >= 11 is 6.58. The lowest BCUT2D eigenvalue weighted by molar-refractivity contribution is -0.0528. The molecule has 7 nitrogen and oxygen atoms in total. The van der Waals surface area contributed by atoms with Crippen LogP contribution in [-0.4, -0.2) is 43.1 Å². The van der Waals surface area contributed by atoms with Crippen LogP contribution in [0.15, 0.2) is 90.0 Å². The fraction of sp³-hybridized carbons (Fsp3) is 0.314. The zero-order valence-corrected chi connectivity index (χ0v) is 27.4. The van der Waals surface area contributed by atoms with Crippen LogP contribution in [0.4, 0.5) is 14.5 Å². The number of hydrogen-bond donors (Lipinski definition) is 0. The van der Waals surface area contributed by atoms with E-state index in [1.807, 2.05) is 24.3 Å². The van der Waals surface area contributed by atoms with Gasteiger partial charge in [0.1, 0.15) is 0 Å². The minimum absolute atomic E-state index is 0.00758. The van der Waals surface area contributed by atoms with Crippen LogP contribution in [0.1, 0.15) is 59.4 Å². The number of alkyl halides is 2. The third-order valence-electron chi connectivity index (χ3n) is 8.19. The van der Waals surface area contributed by atoms with Crippen molar-refractivity contribution in [3.63, 3.8) is 0 Å². The third-order valence-corrected chi connectivity index (χ3v) is 10.3. The summed E-state index contributed by atoms with van der Waals surface area (Å²) in [6.07, 6.45) is 2.28. The van der Waals surface area contributed by atoms with Gasteiger partial charge in [-0.25, -0.2) is 13.4 Å². The summed E-state index contributed by atoms with van der Waals surface area (Å²) in [5.74, 6) is -0.0724. The van der Waals surface area contributed by atoms with E-state index in [1.54, 1.807) is 66.6 Å². The minimum Gasteiger partial charge on any atom is -0.417 e. The number of sulfone groups is 1. The van der Waals surface area contributed by atoms with Gasteiger partial charge in [-0.1, -0.05) is 68.8 Å². The van der Waals surface area contributed by atoms with Crippen LogP contribution in [0.25, 0.3) is 0 Å². The third kappa shape index (κ3) is 7.57. The van der Waals surface area contributed by atoms with Gasteiger partial charge in [-0.2, -0.15) is 8.78 Å². The van der Waals surface area contributed by atoms with E-state index in [0.717, 1.165) is 35.2 Å². The van der Waals surface area contributed by atoms with Crippen LogP contribution in [0.5, 0.6) is 5.88 Å². The molecule has 0 saturated carbocycles. The number of rotatable bonds is 11. The Morgan fingerprint density at radius 2 is 1.76 bits per heavy atom. The summed E-state index contributed by atoms with van der Waals surface area (Å²) < 4.78 is 54.1. The van der Waals surface area contributed by atoms with Gasteiger partial charge in [0.05, 0.1) is 27.9 Å². The maximum atomic E-state index is 14.2. The highest BCUT2D eigenvalue weighted by molar-refractivity contribution is 7.91. The molecule has 1 aliphatic rings. The van der Waals surface area contributed by atoms with Crippen LogP contribution in [0.2, 0.25) is 5.02 Å². The monoisotopic (exact) mass is 667 g/mol. The lowest BCUT2D eigenvalue weighted by atomic mass is 9.85. The molecule has 0 unspecified atom stereocenters. The van der Waals surface area contributed by atoms with Gasteiger partial charge in [0.2, 0.25) is 5.88 Å². The van der Waals surface area contributed by atoms with Crippen molar-refractivity contribution in [2.24, 2.45) is 5.92 Å². The first kappa shape index (κ1) is 33.5. The topological polar surface area (TPSA) is 79.8 Å². The van der Waals surface area contributed by atoms with Gasteiger partial charge < -0.3 is 9.64 Å². The molecule has 5 rings (SSSR count). The fourth-order valence-electron chi connectivity index (χ4n) is 5.95. The molecule has 11 heteroatoms. The largest absolute Gasteiger partial charge is 0.417 e. The first-order valence-corrected chi connectivity index (χ1v) is 17.1. The number of nitrogens with zero attached hydrogens (tertiary/aromatic N) is 3. The Morgan fingerprint density at radius 3 is 2.39 bits per heavy atom. The molecule has 0 fully saturated rings. The van der Waals surface area contributed by atoms with Gasteiger partial charge in [0.25, 0.3) is 5.91 Å². The summed E-state index contributed by atoms with van der Waals surface area (Å²) in [4.78, 5) is 22.4. The Kier molecular flexibility index (Phi) is 10.4. The van der Waals surface area contributed by atoms with Crippen molar-refractivity contribution in [3.8, 4) is 5.88 Å². The number of amides is 1. The van der Waals surface area contributed by atoms with Gasteiger partial charge in [-0.3, -0.25) is 9.69 Å². The number of anilines is 1. The number of para-hydroxylation sites is 1. The summed E-state index contributed by atoms with van der Waals surface area (Å²) in [7, 11) is -3.35. The average Bonchev–Trinajstić information content (AvgIpc) is 3.04. The molecule has 242 valence electrons. The van der Waals surface area contributed by atoms with Gasteiger partial charge in [0.15, 0.2) is 9.84 Å². The summed E-state index contributed by atoms with van der Waals surface area (Å²) in [6.45, 7) is 4.51. The molecule has 0 saturated heterocycles. The van der Waals surface area contributed by atoms with E-state index in [2.05, 4.69) is 28.5 Å². The van der Waals surface area contributed by atoms with E-state index in [1.165, 1.54) is 6.07 Å². The maximum absolute atomic E-state index is 14.2. The van der Waals surface area contributed by atoms with E-state index in [-0.39, 0.29) is 40.9 Å². The van der Waals surface area contributed by atoms with E-state index >= 15 is 0 Å². The molecule has 2 heterocycles. The van der Waals surface area contributed by atoms with E-state index in [9.17, 15) is 22.0 Å².